The zero-order valence-electron chi connectivity index (χ0n) is 12.8. The average Bonchev–Trinajstić information content (AvgIpc) is 2.82. The SMILES string of the molecule is CCn1nc(C)c([N+](=O)[O-])c1NCC1(CO)CCCCC1. The summed E-state index contributed by atoms with van der Waals surface area (Å²) in [5, 5.41) is 28.4. The second kappa shape index (κ2) is 6.43. The first-order valence-electron chi connectivity index (χ1n) is 7.59. The zero-order valence-corrected chi connectivity index (χ0v) is 12.8. The van der Waals surface area contributed by atoms with E-state index < -0.39 is 0 Å². The van der Waals surface area contributed by atoms with E-state index in [1.807, 2.05) is 6.92 Å². The summed E-state index contributed by atoms with van der Waals surface area (Å²) < 4.78 is 1.63. The fourth-order valence-electron chi connectivity index (χ4n) is 3.16. The molecule has 0 amide bonds. The highest BCUT2D eigenvalue weighted by atomic mass is 16.6. The van der Waals surface area contributed by atoms with Gasteiger partial charge in [-0.3, -0.25) is 10.1 Å². The molecule has 0 aliphatic heterocycles. The molecule has 7 nitrogen and oxygen atoms in total. The van der Waals surface area contributed by atoms with Crippen LogP contribution in [0.1, 0.15) is 44.7 Å². The van der Waals surface area contributed by atoms with Gasteiger partial charge in [-0.05, 0) is 26.7 Å². The van der Waals surface area contributed by atoms with Crippen LogP contribution in [0.15, 0.2) is 0 Å². The van der Waals surface area contributed by atoms with Crippen LogP contribution in [-0.4, -0.2) is 33.0 Å². The molecule has 118 valence electrons. The van der Waals surface area contributed by atoms with Crippen LogP contribution < -0.4 is 5.32 Å². The van der Waals surface area contributed by atoms with Crippen molar-refractivity contribution in [3.8, 4) is 0 Å². The number of nitrogens with zero attached hydrogens (tertiary/aromatic N) is 3. The van der Waals surface area contributed by atoms with E-state index in [1.165, 1.54) is 6.42 Å². The first-order valence-corrected chi connectivity index (χ1v) is 7.59. The van der Waals surface area contributed by atoms with Crippen LogP contribution >= 0.6 is 0 Å². The summed E-state index contributed by atoms with van der Waals surface area (Å²) in [5.41, 5.74) is 0.301. The largest absolute Gasteiger partial charge is 0.396 e. The Labute approximate surface area is 124 Å². The van der Waals surface area contributed by atoms with Gasteiger partial charge < -0.3 is 10.4 Å². The first-order chi connectivity index (χ1) is 10.0. The molecular formula is C14H24N4O3. The molecule has 0 bridgehead atoms. The molecule has 2 rings (SSSR count). The molecule has 1 fully saturated rings. The molecule has 1 aromatic heterocycles. The lowest BCUT2D eigenvalue weighted by Gasteiger charge is -2.35. The standard InChI is InChI=1S/C14H24N4O3/c1-3-17-13(12(18(20)21)11(2)16-17)15-9-14(10-19)7-5-4-6-8-14/h15,19H,3-10H2,1-2H3. The lowest BCUT2D eigenvalue weighted by atomic mass is 9.74. The monoisotopic (exact) mass is 296 g/mol. The number of aliphatic hydroxyl groups excluding tert-OH is 1. The highest BCUT2D eigenvalue weighted by molar-refractivity contribution is 5.59. The topological polar surface area (TPSA) is 93.2 Å². The molecule has 0 spiro atoms. The number of hydrogen-bond donors (Lipinski definition) is 2. The van der Waals surface area contributed by atoms with Crippen molar-refractivity contribution in [3.05, 3.63) is 15.8 Å². The molecule has 0 atom stereocenters. The van der Waals surface area contributed by atoms with E-state index in [9.17, 15) is 15.2 Å². The molecule has 21 heavy (non-hydrogen) atoms. The maximum atomic E-state index is 11.2. The lowest BCUT2D eigenvalue weighted by molar-refractivity contribution is -0.384. The highest BCUT2D eigenvalue weighted by Crippen LogP contribution is 2.37. The third-order valence-corrected chi connectivity index (χ3v) is 4.46. The van der Waals surface area contributed by atoms with Crippen LogP contribution in [0.4, 0.5) is 11.5 Å². The molecule has 1 heterocycles. The van der Waals surface area contributed by atoms with Crippen LogP contribution in [0.2, 0.25) is 0 Å². The van der Waals surface area contributed by atoms with Crippen LogP contribution in [0, 0.1) is 22.5 Å². The maximum absolute atomic E-state index is 11.2. The summed E-state index contributed by atoms with van der Waals surface area (Å²) in [6.45, 7) is 4.80. The van der Waals surface area contributed by atoms with Gasteiger partial charge in [0.1, 0.15) is 5.69 Å². The average molecular weight is 296 g/mol. The summed E-state index contributed by atoms with van der Waals surface area (Å²) in [6.07, 6.45) is 5.34. The number of aryl methyl sites for hydroxylation is 2. The number of anilines is 1. The van der Waals surface area contributed by atoms with Gasteiger partial charge in [-0.25, -0.2) is 4.68 Å². The van der Waals surface area contributed by atoms with Crippen LogP contribution in [0.5, 0.6) is 0 Å². The van der Waals surface area contributed by atoms with E-state index >= 15 is 0 Å². The number of nitrogens with one attached hydrogen (secondary N) is 1. The van der Waals surface area contributed by atoms with Gasteiger partial charge in [-0.2, -0.15) is 5.10 Å². The van der Waals surface area contributed by atoms with Crippen LogP contribution in [0.3, 0.4) is 0 Å². The van der Waals surface area contributed by atoms with Gasteiger partial charge in [0.05, 0.1) is 11.5 Å². The second-order valence-electron chi connectivity index (χ2n) is 5.93. The van der Waals surface area contributed by atoms with E-state index in [0.29, 0.717) is 24.6 Å². The van der Waals surface area contributed by atoms with Crippen molar-refractivity contribution in [2.75, 3.05) is 18.5 Å². The Hall–Kier alpha value is -1.63. The minimum absolute atomic E-state index is 0.0424. The van der Waals surface area contributed by atoms with Gasteiger partial charge in [0.2, 0.25) is 5.82 Å². The predicted octanol–water partition coefficient (Wildman–Crippen LogP) is 2.47. The number of nitro groups is 1. The maximum Gasteiger partial charge on any atom is 0.333 e. The van der Waals surface area contributed by atoms with Crippen LogP contribution in [0.25, 0.3) is 0 Å². The minimum atomic E-state index is -0.386. The van der Waals surface area contributed by atoms with E-state index in [1.54, 1.807) is 11.6 Å². The summed E-state index contributed by atoms with van der Waals surface area (Å²) in [5.74, 6) is 0.457. The van der Waals surface area contributed by atoms with Crippen molar-refractivity contribution < 1.29 is 10.0 Å². The molecule has 0 radical (unpaired) electrons. The molecule has 1 saturated carbocycles. The molecule has 7 heteroatoms. The minimum Gasteiger partial charge on any atom is -0.396 e. The van der Waals surface area contributed by atoms with Gasteiger partial charge >= 0.3 is 5.69 Å². The quantitative estimate of drug-likeness (QED) is 0.621. The molecule has 0 saturated heterocycles. The molecule has 2 N–H and O–H groups in total. The van der Waals surface area contributed by atoms with Crippen molar-refractivity contribution in [1.82, 2.24) is 9.78 Å². The Morgan fingerprint density at radius 1 is 1.43 bits per heavy atom. The van der Waals surface area contributed by atoms with Crippen molar-refractivity contribution >= 4 is 11.5 Å². The number of hydrogen-bond acceptors (Lipinski definition) is 5. The summed E-state index contributed by atoms with van der Waals surface area (Å²) in [7, 11) is 0. The van der Waals surface area contributed by atoms with E-state index in [0.717, 1.165) is 25.7 Å². The smallest absolute Gasteiger partial charge is 0.333 e. The molecule has 0 aromatic carbocycles. The van der Waals surface area contributed by atoms with Crippen molar-refractivity contribution in [3.63, 3.8) is 0 Å². The molecule has 1 aromatic rings. The molecular weight excluding hydrogens is 272 g/mol. The second-order valence-corrected chi connectivity index (χ2v) is 5.93. The van der Waals surface area contributed by atoms with Crippen molar-refractivity contribution in [2.45, 2.75) is 52.5 Å². The van der Waals surface area contributed by atoms with Crippen LogP contribution in [-0.2, 0) is 6.54 Å². The van der Waals surface area contributed by atoms with Gasteiger partial charge in [-0.1, -0.05) is 19.3 Å². The fourth-order valence-corrected chi connectivity index (χ4v) is 3.16. The third kappa shape index (κ3) is 3.18. The van der Waals surface area contributed by atoms with Gasteiger partial charge in [0, 0.05) is 18.5 Å². The van der Waals surface area contributed by atoms with E-state index in [-0.39, 0.29) is 22.6 Å². The number of rotatable bonds is 6. The highest BCUT2D eigenvalue weighted by Gasteiger charge is 2.33. The van der Waals surface area contributed by atoms with Gasteiger partial charge in [0.15, 0.2) is 0 Å². The molecule has 0 unspecified atom stereocenters. The zero-order chi connectivity index (χ0) is 15.5. The summed E-state index contributed by atoms with van der Waals surface area (Å²) in [6, 6.07) is 0. The van der Waals surface area contributed by atoms with E-state index in [4.69, 9.17) is 0 Å². The Morgan fingerprint density at radius 2 is 2.10 bits per heavy atom. The van der Waals surface area contributed by atoms with Crippen molar-refractivity contribution in [1.29, 1.82) is 0 Å². The van der Waals surface area contributed by atoms with E-state index in [2.05, 4.69) is 10.4 Å². The Morgan fingerprint density at radius 3 is 2.62 bits per heavy atom. The van der Waals surface area contributed by atoms with Gasteiger partial charge in [-0.15, -0.1) is 0 Å². The van der Waals surface area contributed by atoms with Gasteiger partial charge in [0.25, 0.3) is 0 Å². The third-order valence-electron chi connectivity index (χ3n) is 4.46. The first kappa shape index (κ1) is 15.8. The molecule has 1 aliphatic carbocycles. The fraction of sp³-hybridized carbons (Fsp3) is 0.786. The Bertz CT molecular complexity index is 507. The normalized spacial score (nSPS) is 17.7. The van der Waals surface area contributed by atoms with Crippen molar-refractivity contribution in [2.24, 2.45) is 5.41 Å². The Balaban J connectivity index is 2.20. The lowest BCUT2D eigenvalue weighted by Crippen LogP contribution is -2.36. The molecule has 1 aliphatic rings. The summed E-state index contributed by atoms with van der Waals surface area (Å²) in [4.78, 5) is 10.8. The number of aliphatic hydroxyl groups is 1. The predicted molar refractivity (Wildman–Crippen MR) is 80.4 cm³/mol. The summed E-state index contributed by atoms with van der Waals surface area (Å²) >= 11 is 0. The number of aromatic nitrogens is 2. The Kier molecular flexibility index (Phi) is 4.82.